The van der Waals surface area contributed by atoms with Gasteiger partial charge in [0.2, 0.25) is 17.7 Å². The molecule has 1 rings (SSSR count). The van der Waals surface area contributed by atoms with E-state index in [1.165, 1.54) is 6.92 Å². The smallest absolute Gasteiger partial charge is 0.328 e. The van der Waals surface area contributed by atoms with Gasteiger partial charge in [-0.2, -0.15) is 0 Å². The number of carbonyl (C=O) groups is 4. The van der Waals surface area contributed by atoms with Crippen molar-refractivity contribution >= 4 is 23.7 Å². The zero-order chi connectivity index (χ0) is 24.1. The van der Waals surface area contributed by atoms with Gasteiger partial charge in [0.05, 0.1) is 12.6 Å². The lowest BCUT2D eigenvalue weighted by atomic mass is 10.0. The number of aliphatic carboxylic acids is 1. The van der Waals surface area contributed by atoms with Crippen LogP contribution in [0.2, 0.25) is 0 Å². The zero-order valence-corrected chi connectivity index (χ0v) is 18.1. The van der Waals surface area contributed by atoms with Crippen molar-refractivity contribution in [2.24, 2.45) is 11.5 Å². The molecule has 0 aliphatic heterocycles. The number of aliphatic hydroxyl groups is 1. The molecular formula is C21H33N5O6. The lowest BCUT2D eigenvalue weighted by Gasteiger charge is -2.25. The Morgan fingerprint density at radius 3 is 2.00 bits per heavy atom. The summed E-state index contributed by atoms with van der Waals surface area (Å²) in [5.41, 5.74) is 11.8. The SMILES string of the molecule is CC(N)C(=O)NC(CCCCN)C(=O)NC(Cc1ccccc1)C(=O)NC(CO)C(=O)O. The third-order valence-corrected chi connectivity index (χ3v) is 4.71. The van der Waals surface area contributed by atoms with Crippen LogP contribution in [0.25, 0.3) is 0 Å². The second-order valence-electron chi connectivity index (χ2n) is 7.47. The molecule has 32 heavy (non-hydrogen) atoms. The zero-order valence-electron chi connectivity index (χ0n) is 18.1. The molecule has 1 aromatic carbocycles. The molecule has 0 bridgehead atoms. The molecule has 0 spiro atoms. The van der Waals surface area contributed by atoms with E-state index >= 15 is 0 Å². The fraction of sp³-hybridized carbons (Fsp3) is 0.524. The first kappa shape index (κ1) is 27.0. The molecule has 1 aromatic rings. The van der Waals surface area contributed by atoms with Gasteiger partial charge in [0, 0.05) is 6.42 Å². The second-order valence-corrected chi connectivity index (χ2v) is 7.47. The number of benzene rings is 1. The number of nitrogens with two attached hydrogens (primary N) is 2. The van der Waals surface area contributed by atoms with Crippen molar-refractivity contribution in [2.75, 3.05) is 13.2 Å². The molecule has 11 nitrogen and oxygen atoms in total. The lowest BCUT2D eigenvalue weighted by molar-refractivity contribution is -0.143. The fourth-order valence-corrected chi connectivity index (χ4v) is 2.85. The molecular weight excluding hydrogens is 418 g/mol. The van der Waals surface area contributed by atoms with E-state index in [2.05, 4.69) is 16.0 Å². The van der Waals surface area contributed by atoms with Crippen LogP contribution in [0, 0.1) is 0 Å². The van der Waals surface area contributed by atoms with Crippen LogP contribution in [0.3, 0.4) is 0 Å². The monoisotopic (exact) mass is 451 g/mol. The number of hydrogen-bond donors (Lipinski definition) is 7. The minimum absolute atomic E-state index is 0.0763. The number of unbranched alkanes of at least 4 members (excludes halogenated alkanes) is 1. The molecule has 0 aliphatic carbocycles. The molecule has 11 heteroatoms. The van der Waals surface area contributed by atoms with E-state index in [0.29, 0.717) is 19.4 Å². The predicted octanol–water partition coefficient (Wildman–Crippen LogP) is -1.76. The van der Waals surface area contributed by atoms with E-state index in [0.717, 1.165) is 5.56 Å². The summed E-state index contributed by atoms with van der Waals surface area (Å²) in [5, 5.41) is 25.7. The molecule has 3 amide bonds. The van der Waals surface area contributed by atoms with Crippen LogP contribution in [0.5, 0.6) is 0 Å². The summed E-state index contributed by atoms with van der Waals surface area (Å²) in [7, 11) is 0. The van der Waals surface area contributed by atoms with Crippen LogP contribution >= 0.6 is 0 Å². The normalized spacial score (nSPS) is 14.5. The maximum Gasteiger partial charge on any atom is 0.328 e. The minimum atomic E-state index is -1.52. The van der Waals surface area contributed by atoms with Crippen LogP contribution in [0.4, 0.5) is 0 Å². The van der Waals surface area contributed by atoms with E-state index in [1.807, 2.05) is 0 Å². The number of aliphatic hydroxyl groups excluding tert-OH is 1. The maximum absolute atomic E-state index is 12.9. The Balaban J connectivity index is 3.03. The number of carboxylic acid groups (broad SMARTS) is 1. The van der Waals surface area contributed by atoms with Crippen molar-refractivity contribution in [3.8, 4) is 0 Å². The van der Waals surface area contributed by atoms with E-state index in [9.17, 15) is 24.3 Å². The molecule has 4 atom stereocenters. The first-order valence-corrected chi connectivity index (χ1v) is 10.4. The molecule has 0 saturated carbocycles. The maximum atomic E-state index is 12.9. The van der Waals surface area contributed by atoms with Crippen molar-refractivity contribution in [3.63, 3.8) is 0 Å². The summed E-state index contributed by atoms with van der Waals surface area (Å²) in [6.07, 6.45) is 1.57. The number of nitrogens with one attached hydrogen (secondary N) is 3. The van der Waals surface area contributed by atoms with Crippen molar-refractivity contribution in [1.82, 2.24) is 16.0 Å². The van der Waals surface area contributed by atoms with Crippen LogP contribution in [-0.2, 0) is 25.6 Å². The summed E-state index contributed by atoms with van der Waals surface area (Å²) in [6, 6.07) is 4.40. The largest absolute Gasteiger partial charge is 0.480 e. The van der Waals surface area contributed by atoms with Crippen LogP contribution < -0.4 is 27.4 Å². The first-order valence-electron chi connectivity index (χ1n) is 10.4. The van der Waals surface area contributed by atoms with Gasteiger partial charge in [-0.3, -0.25) is 14.4 Å². The molecule has 0 heterocycles. The fourth-order valence-electron chi connectivity index (χ4n) is 2.85. The molecule has 0 aliphatic rings. The highest BCUT2D eigenvalue weighted by Gasteiger charge is 2.29. The van der Waals surface area contributed by atoms with Gasteiger partial charge >= 0.3 is 5.97 Å². The number of carboxylic acids is 1. The average Bonchev–Trinajstić information content (AvgIpc) is 2.76. The van der Waals surface area contributed by atoms with Crippen LogP contribution in [-0.4, -0.2) is 71.2 Å². The lowest BCUT2D eigenvalue weighted by Crippen LogP contribution is -2.57. The molecule has 0 fully saturated rings. The van der Waals surface area contributed by atoms with Crippen molar-refractivity contribution in [3.05, 3.63) is 35.9 Å². The van der Waals surface area contributed by atoms with Crippen molar-refractivity contribution < 1.29 is 29.4 Å². The third kappa shape index (κ3) is 9.41. The Hall–Kier alpha value is -3.02. The molecule has 178 valence electrons. The van der Waals surface area contributed by atoms with Gasteiger partial charge in [-0.15, -0.1) is 0 Å². The van der Waals surface area contributed by atoms with Crippen molar-refractivity contribution in [1.29, 1.82) is 0 Å². The number of carbonyl (C=O) groups excluding carboxylic acids is 3. The topological polar surface area (TPSA) is 197 Å². The summed E-state index contributed by atoms with van der Waals surface area (Å²) < 4.78 is 0. The van der Waals surface area contributed by atoms with Gasteiger partial charge in [-0.1, -0.05) is 30.3 Å². The van der Waals surface area contributed by atoms with Gasteiger partial charge < -0.3 is 37.6 Å². The number of amides is 3. The van der Waals surface area contributed by atoms with Gasteiger partial charge in [0.25, 0.3) is 0 Å². The van der Waals surface area contributed by atoms with Gasteiger partial charge in [-0.05, 0) is 38.3 Å². The Bertz CT molecular complexity index is 758. The molecule has 9 N–H and O–H groups in total. The summed E-state index contributed by atoms with van der Waals surface area (Å²) in [6.45, 7) is 1.10. The number of rotatable bonds is 14. The highest BCUT2D eigenvalue weighted by atomic mass is 16.4. The summed E-state index contributed by atoms with van der Waals surface area (Å²) in [4.78, 5) is 48.9. The van der Waals surface area contributed by atoms with E-state index < -0.39 is 54.5 Å². The average molecular weight is 452 g/mol. The second kappa shape index (κ2) is 14.1. The third-order valence-electron chi connectivity index (χ3n) is 4.71. The van der Waals surface area contributed by atoms with Crippen LogP contribution in [0.15, 0.2) is 30.3 Å². The Labute approximate surface area is 186 Å². The molecule has 4 unspecified atom stereocenters. The number of hydrogen-bond acceptors (Lipinski definition) is 7. The van der Waals surface area contributed by atoms with Gasteiger partial charge in [-0.25, -0.2) is 4.79 Å². The van der Waals surface area contributed by atoms with Crippen LogP contribution in [0.1, 0.15) is 31.7 Å². The van der Waals surface area contributed by atoms with Gasteiger partial charge in [0.15, 0.2) is 0 Å². The highest BCUT2D eigenvalue weighted by molar-refractivity contribution is 5.94. The summed E-state index contributed by atoms with van der Waals surface area (Å²) in [5.74, 6) is -3.31. The molecule has 0 saturated heterocycles. The van der Waals surface area contributed by atoms with Crippen molar-refractivity contribution in [2.45, 2.75) is 56.8 Å². The van der Waals surface area contributed by atoms with E-state index in [4.69, 9.17) is 16.6 Å². The Morgan fingerprint density at radius 1 is 0.906 bits per heavy atom. The van der Waals surface area contributed by atoms with E-state index in [-0.39, 0.29) is 12.8 Å². The summed E-state index contributed by atoms with van der Waals surface area (Å²) >= 11 is 0. The molecule has 0 radical (unpaired) electrons. The predicted molar refractivity (Wildman–Crippen MR) is 117 cm³/mol. The first-order chi connectivity index (χ1) is 15.2. The standard InChI is InChI=1S/C21H33N5O6/c1-13(23)18(28)24-15(9-5-6-10-22)19(29)25-16(11-14-7-3-2-4-8-14)20(30)26-17(12-27)21(31)32/h2-4,7-8,13,15-17,27H,5-6,9-12,22-23H2,1H3,(H,24,28)(H,25,29)(H,26,30)(H,31,32). The van der Waals surface area contributed by atoms with Gasteiger partial charge in [0.1, 0.15) is 18.1 Å². The molecule has 0 aromatic heterocycles. The quantitative estimate of drug-likeness (QED) is 0.161. The highest BCUT2D eigenvalue weighted by Crippen LogP contribution is 2.07. The Kier molecular flexibility index (Phi) is 11.9. The Morgan fingerprint density at radius 2 is 1.47 bits per heavy atom. The minimum Gasteiger partial charge on any atom is -0.480 e. The van der Waals surface area contributed by atoms with E-state index in [1.54, 1.807) is 30.3 Å².